The van der Waals surface area contributed by atoms with E-state index >= 15 is 0 Å². The van der Waals surface area contributed by atoms with Gasteiger partial charge in [-0.1, -0.05) is 0 Å². The van der Waals surface area contributed by atoms with E-state index in [4.69, 9.17) is 4.74 Å². The molecule has 1 aromatic rings. The summed E-state index contributed by atoms with van der Waals surface area (Å²) in [5.41, 5.74) is 0.889. The van der Waals surface area contributed by atoms with Crippen LogP contribution in [0.3, 0.4) is 0 Å². The monoisotopic (exact) mass is 181 g/mol. The maximum Gasteiger partial charge on any atom is 0.232 e. The fourth-order valence-corrected chi connectivity index (χ4v) is 0.951. The van der Waals surface area contributed by atoms with Crippen molar-refractivity contribution in [2.45, 2.75) is 26.5 Å². The number of nitrogens with zero attached hydrogens (tertiary/aromatic N) is 2. The van der Waals surface area contributed by atoms with Crippen LogP contribution in [0, 0.1) is 0 Å². The Morgan fingerprint density at radius 1 is 1.46 bits per heavy atom. The number of rotatable bonds is 4. The van der Waals surface area contributed by atoms with E-state index in [1.807, 2.05) is 20.9 Å². The van der Waals surface area contributed by atoms with Crippen LogP contribution in [-0.2, 0) is 6.54 Å². The van der Waals surface area contributed by atoms with Crippen LogP contribution < -0.4 is 10.1 Å². The third kappa shape index (κ3) is 3.38. The topological polar surface area (TPSA) is 47.0 Å². The molecule has 0 fully saturated rings. The molecule has 0 aliphatic carbocycles. The minimum absolute atomic E-state index is 0.138. The molecule has 0 saturated heterocycles. The van der Waals surface area contributed by atoms with Crippen molar-refractivity contribution in [3.8, 4) is 5.88 Å². The molecule has 0 radical (unpaired) electrons. The lowest BCUT2D eigenvalue weighted by molar-refractivity contribution is 0.231. The molecular formula is C9H15N3O. The lowest BCUT2D eigenvalue weighted by Crippen LogP contribution is -2.11. The van der Waals surface area contributed by atoms with Gasteiger partial charge in [-0.05, 0) is 20.9 Å². The molecule has 72 valence electrons. The van der Waals surface area contributed by atoms with E-state index in [0.29, 0.717) is 12.4 Å². The Hall–Kier alpha value is -1.16. The van der Waals surface area contributed by atoms with Gasteiger partial charge in [0.25, 0.3) is 0 Å². The van der Waals surface area contributed by atoms with Crippen molar-refractivity contribution >= 4 is 0 Å². The van der Waals surface area contributed by atoms with E-state index < -0.39 is 0 Å². The van der Waals surface area contributed by atoms with E-state index in [0.717, 1.165) is 5.69 Å². The van der Waals surface area contributed by atoms with Crippen molar-refractivity contribution in [3.05, 3.63) is 18.1 Å². The molecule has 0 saturated carbocycles. The Morgan fingerprint density at radius 3 is 2.85 bits per heavy atom. The Kier molecular flexibility index (Phi) is 3.64. The maximum absolute atomic E-state index is 5.40. The molecule has 0 spiro atoms. The van der Waals surface area contributed by atoms with Gasteiger partial charge in [0.05, 0.1) is 18.0 Å². The second-order valence-corrected chi connectivity index (χ2v) is 3.05. The lowest BCUT2D eigenvalue weighted by atomic mass is 10.4. The van der Waals surface area contributed by atoms with Gasteiger partial charge in [0.2, 0.25) is 5.88 Å². The minimum atomic E-state index is 0.138. The molecule has 0 unspecified atom stereocenters. The smallest absolute Gasteiger partial charge is 0.232 e. The van der Waals surface area contributed by atoms with Gasteiger partial charge in [0.15, 0.2) is 0 Å². The highest BCUT2D eigenvalue weighted by atomic mass is 16.5. The summed E-state index contributed by atoms with van der Waals surface area (Å²) in [6.45, 7) is 4.64. The summed E-state index contributed by atoms with van der Waals surface area (Å²) < 4.78 is 5.40. The Morgan fingerprint density at radius 2 is 2.23 bits per heavy atom. The molecule has 4 heteroatoms. The van der Waals surface area contributed by atoms with Gasteiger partial charge in [0.1, 0.15) is 0 Å². The Bertz CT molecular complexity index is 263. The predicted octanol–water partition coefficient (Wildman–Crippen LogP) is 0.983. The first-order chi connectivity index (χ1) is 6.22. The van der Waals surface area contributed by atoms with Gasteiger partial charge >= 0.3 is 0 Å². The third-order valence-electron chi connectivity index (χ3n) is 1.38. The summed E-state index contributed by atoms with van der Waals surface area (Å²) in [5.74, 6) is 0.586. The Balaban J connectivity index is 2.67. The molecule has 4 nitrogen and oxygen atoms in total. The molecule has 1 aromatic heterocycles. The standard InChI is InChI=1S/C9H15N3O/c1-7(2)13-9-6-11-5-8(12-9)4-10-3/h5-7,10H,4H2,1-3H3. The highest BCUT2D eigenvalue weighted by Crippen LogP contribution is 2.06. The summed E-state index contributed by atoms with van der Waals surface area (Å²) in [6, 6.07) is 0. The van der Waals surface area contributed by atoms with E-state index in [1.54, 1.807) is 12.4 Å². The summed E-state index contributed by atoms with van der Waals surface area (Å²) >= 11 is 0. The van der Waals surface area contributed by atoms with E-state index in [-0.39, 0.29) is 6.10 Å². The fourth-order valence-electron chi connectivity index (χ4n) is 0.951. The fraction of sp³-hybridized carbons (Fsp3) is 0.556. The van der Waals surface area contributed by atoms with Crippen LogP contribution in [0.15, 0.2) is 12.4 Å². The van der Waals surface area contributed by atoms with Gasteiger partial charge in [-0.2, -0.15) is 0 Å². The van der Waals surface area contributed by atoms with Crippen LogP contribution in [0.1, 0.15) is 19.5 Å². The molecule has 0 aromatic carbocycles. The van der Waals surface area contributed by atoms with Gasteiger partial charge < -0.3 is 10.1 Å². The summed E-state index contributed by atoms with van der Waals surface area (Å²) in [6.07, 6.45) is 3.49. The van der Waals surface area contributed by atoms with Crippen LogP contribution >= 0.6 is 0 Å². The zero-order valence-electron chi connectivity index (χ0n) is 8.24. The first-order valence-electron chi connectivity index (χ1n) is 4.34. The minimum Gasteiger partial charge on any atom is -0.474 e. The van der Waals surface area contributed by atoms with Gasteiger partial charge in [-0.3, -0.25) is 4.98 Å². The lowest BCUT2D eigenvalue weighted by Gasteiger charge is -2.08. The Labute approximate surface area is 78.4 Å². The number of nitrogens with one attached hydrogen (secondary N) is 1. The molecule has 0 aliphatic rings. The van der Waals surface area contributed by atoms with Crippen LogP contribution in [0.25, 0.3) is 0 Å². The molecule has 1 rings (SSSR count). The second kappa shape index (κ2) is 4.77. The van der Waals surface area contributed by atoms with Gasteiger partial charge in [0, 0.05) is 12.7 Å². The average Bonchev–Trinajstić information content (AvgIpc) is 2.04. The largest absolute Gasteiger partial charge is 0.474 e. The van der Waals surface area contributed by atoms with Crippen molar-refractivity contribution in [3.63, 3.8) is 0 Å². The SMILES string of the molecule is CNCc1cncc(OC(C)C)n1. The number of ether oxygens (including phenoxy) is 1. The molecule has 1 heterocycles. The molecule has 1 N–H and O–H groups in total. The second-order valence-electron chi connectivity index (χ2n) is 3.05. The van der Waals surface area contributed by atoms with Crippen molar-refractivity contribution in [2.75, 3.05) is 7.05 Å². The molecule has 0 amide bonds. The highest BCUT2D eigenvalue weighted by Gasteiger charge is 2.00. The summed E-state index contributed by atoms with van der Waals surface area (Å²) in [4.78, 5) is 8.28. The van der Waals surface area contributed by atoms with Crippen molar-refractivity contribution in [1.29, 1.82) is 0 Å². The first-order valence-corrected chi connectivity index (χ1v) is 4.34. The van der Waals surface area contributed by atoms with Crippen LogP contribution in [0.2, 0.25) is 0 Å². The van der Waals surface area contributed by atoms with Gasteiger partial charge in [-0.25, -0.2) is 4.98 Å². The van der Waals surface area contributed by atoms with Crippen LogP contribution in [-0.4, -0.2) is 23.1 Å². The molecule has 13 heavy (non-hydrogen) atoms. The van der Waals surface area contributed by atoms with Crippen molar-refractivity contribution in [1.82, 2.24) is 15.3 Å². The number of hydrogen-bond acceptors (Lipinski definition) is 4. The predicted molar refractivity (Wildman–Crippen MR) is 50.6 cm³/mol. The van der Waals surface area contributed by atoms with E-state index in [1.165, 1.54) is 0 Å². The quantitative estimate of drug-likeness (QED) is 0.752. The average molecular weight is 181 g/mol. The van der Waals surface area contributed by atoms with E-state index in [9.17, 15) is 0 Å². The third-order valence-corrected chi connectivity index (χ3v) is 1.38. The molecule has 0 atom stereocenters. The van der Waals surface area contributed by atoms with Crippen molar-refractivity contribution < 1.29 is 4.74 Å². The maximum atomic E-state index is 5.40. The first kappa shape index (κ1) is 9.92. The van der Waals surface area contributed by atoms with Crippen molar-refractivity contribution in [2.24, 2.45) is 0 Å². The zero-order chi connectivity index (χ0) is 9.68. The zero-order valence-corrected chi connectivity index (χ0v) is 8.24. The summed E-state index contributed by atoms with van der Waals surface area (Å²) in [7, 11) is 1.87. The molecular weight excluding hydrogens is 166 g/mol. The summed E-state index contributed by atoms with van der Waals surface area (Å²) in [5, 5.41) is 3.01. The van der Waals surface area contributed by atoms with E-state index in [2.05, 4.69) is 15.3 Å². The van der Waals surface area contributed by atoms with Gasteiger partial charge in [-0.15, -0.1) is 0 Å². The molecule has 0 bridgehead atoms. The van der Waals surface area contributed by atoms with Crippen LogP contribution in [0.4, 0.5) is 0 Å². The number of hydrogen-bond donors (Lipinski definition) is 1. The normalized spacial score (nSPS) is 10.5. The highest BCUT2D eigenvalue weighted by molar-refractivity contribution is 5.08. The number of aromatic nitrogens is 2. The van der Waals surface area contributed by atoms with Crippen LogP contribution in [0.5, 0.6) is 5.88 Å². The molecule has 0 aliphatic heterocycles.